The number of aromatic nitrogens is 3. The van der Waals surface area contributed by atoms with E-state index in [9.17, 15) is 0 Å². The van der Waals surface area contributed by atoms with Crippen LogP contribution in [0.4, 0.5) is 0 Å². The topological polar surface area (TPSA) is 42.7 Å². The van der Waals surface area contributed by atoms with Crippen molar-refractivity contribution >= 4 is 22.6 Å². The lowest BCUT2D eigenvalue weighted by atomic mass is 10.3. The first kappa shape index (κ1) is 7.48. The largest absolute Gasteiger partial charge is 0.308 e. The van der Waals surface area contributed by atoms with Gasteiger partial charge in [-0.2, -0.15) is 0 Å². The van der Waals surface area contributed by atoms with Crippen LogP contribution in [0.3, 0.4) is 0 Å². The Hall–Kier alpha value is -0.170. The van der Waals surface area contributed by atoms with Crippen LogP contribution in [-0.4, -0.2) is 21.3 Å². The average molecular weight is 264 g/mol. The number of hydrogen-bond donors (Lipinski definition) is 1. The van der Waals surface area contributed by atoms with Gasteiger partial charge < -0.3 is 9.88 Å². The molecule has 0 spiro atoms. The van der Waals surface area contributed by atoms with Gasteiger partial charge in [-0.05, 0) is 6.92 Å². The highest BCUT2D eigenvalue weighted by molar-refractivity contribution is 14.1. The number of rotatable bonds is 0. The summed E-state index contributed by atoms with van der Waals surface area (Å²) >= 11 is 2.22. The summed E-state index contributed by atoms with van der Waals surface area (Å²) in [5.41, 5.74) is 0. The molecule has 0 aromatic carbocycles. The summed E-state index contributed by atoms with van der Waals surface area (Å²) in [4.78, 5) is 0. The molecule has 1 atom stereocenters. The monoisotopic (exact) mass is 264 g/mol. The van der Waals surface area contributed by atoms with Crippen LogP contribution in [0.15, 0.2) is 0 Å². The fraction of sp³-hybridized carbons (Fsp3) is 0.667. The number of hydrogen-bond acceptors (Lipinski definition) is 3. The fourth-order valence-corrected chi connectivity index (χ4v) is 2.20. The maximum absolute atomic E-state index is 4.05. The smallest absolute Gasteiger partial charge is 0.194 e. The van der Waals surface area contributed by atoms with Gasteiger partial charge in [0.1, 0.15) is 5.82 Å². The summed E-state index contributed by atoms with van der Waals surface area (Å²) in [6.07, 6.45) is 0. The van der Waals surface area contributed by atoms with Crippen LogP contribution in [-0.2, 0) is 6.54 Å². The molecule has 0 amide bonds. The van der Waals surface area contributed by atoms with Crippen molar-refractivity contribution in [3.63, 3.8) is 0 Å². The minimum absolute atomic E-state index is 0.487. The minimum atomic E-state index is 0.487. The Morgan fingerprint density at radius 1 is 1.64 bits per heavy atom. The summed E-state index contributed by atoms with van der Waals surface area (Å²) < 4.78 is 3.17. The molecule has 0 aliphatic carbocycles. The summed E-state index contributed by atoms with van der Waals surface area (Å²) in [6.45, 7) is 4.03. The van der Waals surface area contributed by atoms with Crippen molar-refractivity contribution in [1.82, 2.24) is 20.1 Å². The van der Waals surface area contributed by atoms with Crippen LogP contribution in [0.2, 0.25) is 0 Å². The highest BCUT2D eigenvalue weighted by Gasteiger charge is 2.19. The first-order valence-corrected chi connectivity index (χ1v) is 4.67. The molecule has 1 aliphatic rings. The van der Waals surface area contributed by atoms with Gasteiger partial charge in [0.2, 0.25) is 0 Å². The van der Waals surface area contributed by atoms with Crippen LogP contribution in [0.25, 0.3) is 0 Å². The molecule has 0 radical (unpaired) electrons. The van der Waals surface area contributed by atoms with E-state index >= 15 is 0 Å². The van der Waals surface area contributed by atoms with Gasteiger partial charge in [0.05, 0.1) is 6.54 Å². The molecule has 5 heteroatoms. The lowest BCUT2D eigenvalue weighted by Crippen LogP contribution is -2.32. The van der Waals surface area contributed by atoms with Crippen molar-refractivity contribution in [2.75, 3.05) is 6.54 Å². The van der Waals surface area contributed by atoms with Crippen LogP contribution in [0.1, 0.15) is 18.8 Å². The van der Waals surface area contributed by atoms with Gasteiger partial charge in [0.15, 0.2) is 3.83 Å². The van der Waals surface area contributed by atoms with Crippen LogP contribution in [0, 0.1) is 3.83 Å². The minimum Gasteiger partial charge on any atom is -0.308 e. The Kier molecular flexibility index (Phi) is 1.84. The summed E-state index contributed by atoms with van der Waals surface area (Å²) in [7, 11) is 0. The Balaban J connectivity index is 2.48. The zero-order valence-corrected chi connectivity index (χ0v) is 8.37. The second kappa shape index (κ2) is 2.71. The van der Waals surface area contributed by atoms with Gasteiger partial charge >= 0.3 is 0 Å². The van der Waals surface area contributed by atoms with E-state index in [4.69, 9.17) is 0 Å². The lowest BCUT2D eigenvalue weighted by Gasteiger charge is -2.21. The van der Waals surface area contributed by atoms with E-state index in [1.807, 2.05) is 0 Å². The molecule has 60 valence electrons. The molecular formula is C6H9IN4. The number of fused-ring (bicyclic) bond motifs is 1. The van der Waals surface area contributed by atoms with Gasteiger partial charge in [-0.25, -0.2) is 0 Å². The van der Waals surface area contributed by atoms with Gasteiger partial charge in [-0.15, -0.1) is 10.2 Å². The second-order valence-electron chi connectivity index (χ2n) is 2.74. The summed E-state index contributed by atoms with van der Waals surface area (Å²) in [6, 6.07) is 0.487. The highest BCUT2D eigenvalue weighted by Crippen LogP contribution is 2.16. The van der Waals surface area contributed by atoms with Crippen LogP contribution in [0.5, 0.6) is 0 Å². The van der Waals surface area contributed by atoms with Crippen LogP contribution < -0.4 is 5.32 Å². The maximum Gasteiger partial charge on any atom is 0.194 e. The summed E-state index contributed by atoms with van der Waals surface area (Å²) in [5, 5.41) is 11.3. The number of halogens is 1. The van der Waals surface area contributed by atoms with Crippen molar-refractivity contribution in [2.45, 2.75) is 19.5 Å². The number of nitrogens with zero attached hydrogens (tertiary/aromatic N) is 3. The third-order valence-electron chi connectivity index (χ3n) is 1.89. The highest BCUT2D eigenvalue weighted by atomic mass is 127. The summed E-state index contributed by atoms with van der Waals surface area (Å²) in [5.74, 6) is 1.05. The van der Waals surface area contributed by atoms with Crippen molar-refractivity contribution < 1.29 is 0 Å². The van der Waals surface area contributed by atoms with E-state index in [1.54, 1.807) is 0 Å². The second-order valence-corrected chi connectivity index (χ2v) is 3.70. The zero-order valence-electron chi connectivity index (χ0n) is 6.21. The zero-order chi connectivity index (χ0) is 7.84. The Morgan fingerprint density at radius 3 is 3.18 bits per heavy atom. The molecule has 0 fully saturated rings. The quantitative estimate of drug-likeness (QED) is 0.696. The van der Waals surface area contributed by atoms with Crippen molar-refractivity contribution in [3.05, 3.63) is 9.66 Å². The van der Waals surface area contributed by atoms with E-state index < -0.39 is 0 Å². The molecule has 4 nitrogen and oxygen atoms in total. The molecular weight excluding hydrogens is 255 g/mol. The molecule has 1 aliphatic heterocycles. The van der Waals surface area contributed by atoms with Crippen molar-refractivity contribution in [2.24, 2.45) is 0 Å². The predicted molar refractivity (Wildman–Crippen MR) is 49.2 cm³/mol. The third kappa shape index (κ3) is 1.16. The SMILES string of the molecule is CC1CNCc2nnc(I)n21. The fourth-order valence-electron chi connectivity index (χ4n) is 1.34. The molecule has 0 saturated heterocycles. The van der Waals surface area contributed by atoms with Gasteiger partial charge in [-0.1, -0.05) is 0 Å². The third-order valence-corrected chi connectivity index (χ3v) is 2.62. The van der Waals surface area contributed by atoms with E-state index in [1.165, 1.54) is 0 Å². The van der Waals surface area contributed by atoms with Gasteiger partial charge in [0, 0.05) is 35.2 Å². The van der Waals surface area contributed by atoms with Crippen molar-refractivity contribution in [3.8, 4) is 0 Å². The van der Waals surface area contributed by atoms with E-state index in [0.29, 0.717) is 6.04 Å². The Bertz CT molecular complexity index is 270. The van der Waals surface area contributed by atoms with E-state index in [2.05, 4.69) is 49.6 Å². The molecule has 0 saturated carbocycles. The average Bonchev–Trinajstić information content (AvgIpc) is 2.34. The first-order valence-electron chi connectivity index (χ1n) is 3.59. The maximum atomic E-state index is 4.05. The van der Waals surface area contributed by atoms with Gasteiger partial charge in [0.25, 0.3) is 0 Å². The van der Waals surface area contributed by atoms with Crippen LogP contribution >= 0.6 is 22.6 Å². The molecule has 11 heavy (non-hydrogen) atoms. The molecule has 1 aromatic heterocycles. The molecule has 0 bridgehead atoms. The number of nitrogens with one attached hydrogen (secondary N) is 1. The molecule has 1 unspecified atom stereocenters. The van der Waals surface area contributed by atoms with E-state index in [0.717, 1.165) is 22.7 Å². The Labute approximate surface area is 78.5 Å². The molecule has 2 rings (SSSR count). The Morgan fingerprint density at radius 2 is 2.45 bits per heavy atom. The first-order chi connectivity index (χ1) is 5.29. The lowest BCUT2D eigenvalue weighted by molar-refractivity contribution is 0.415. The normalized spacial score (nSPS) is 23.3. The van der Waals surface area contributed by atoms with Crippen molar-refractivity contribution in [1.29, 1.82) is 0 Å². The molecule has 1 N–H and O–H groups in total. The molecule has 1 aromatic rings. The predicted octanol–water partition coefficient (Wildman–Crippen LogP) is 0.547. The van der Waals surface area contributed by atoms with Gasteiger partial charge in [-0.3, -0.25) is 0 Å². The molecule has 2 heterocycles. The standard InChI is InChI=1S/C6H9IN4/c1-4-2-8-3-5-9-10-6(7)11(4)5/h4,8H,2-3H2,1H3. The van der Waals surface area contributed by atoms with E-state index in [-0.39, 0.29) is 0 Å².